The van der Waals surface area contributed by atoms with Crippen LogP contribution in [0.2, 0.25) is 0 Å². The van der Waals surface area contributed by atoms with Crippen molar-refractivity contribution < 1.29 is 19.0 Å². The number of ether oxygens (including phenoxy) is 3. The van der Waals surface area contributed by atoms with Crippen molar-refractivity contribution in [2.45, 2.75) is 50.6 Å². The van der Waals surface area contributed by atoms with Crippen LogP contribution in [0.3, 0.4) is 0 Å². The summed E-state index contributed by atoms with van der Waals surface area (Å²) in [4.78, 5) is 13.0. The Hall–Kier alpha value is -1.65. The predicted octanol–water partition coefficient (Wildman–Crippen LogP) is 3.04. The van der Waals surface area contributed by atoms with Gasteiger partial charge in [-0.05, 0) is 55.1 Å². The first kappa shape index (κ1) is 15.4. The van der Waals surface area contributed by atoms with Crippen LogP contribution in [0.4, 0.5) is 0 Å². The van der Waals surface area contributed by atoms with Gasteiger partial charge in [0.2, 0.25) is 0 Å². The molecule has 0 radical (unpaired) electrons. The summed E-state index contributed by atoms with van der Waals surface area (Å²) >= 11 is 0. The van der Waals surface area contributed by atoms with Gasteiger partial charge in [-0.2, -0.15) is 0 Å². The minimum atomic E-state index is -0.402. The Kier molecular flexibility index (Phi) is 3.22. The smallest absolute Gasteiger partial charge is 0.310 e. The highest BCUT2D eigenvalue weighted by Gasteiger charge is 2.58. The summed E-state index contributed by atoms with van der Waals surface area (Å²) in [6, 6.07) is 8.62. The second-order valence-electron chi connectivity index (χ2n) is 8.89. The quantitative estimate of drug-likeness (QED) is 0.606. The third kappa shape index (κ3) is 2.18. The first-order valence-corrected chi connectivity index (χ1v) is 9.93. The fourth-order valence-corrected chi connectivity index (χ4v) is 6.11. The van der Waals surface area contributed by atoms with Gasteiger partial charge in [0.1, 0.15) is 0 Å². The zero-order valence-corrected chi connectivity index (χ0v) is 14.8. The molecule has 0 amide bonds. The molecule has 1 aromatic carbocycles. The summed E-state index contributed by atoms with van der Waals surface area (Å²) in [6.45, 7) is 0.619. The summed E-state index contributed by atoms with van der Waals surface area (Å²) in [5, 5.41) is 0. The van der Waals surface area contributed by atoms with E-state index in [9.17, 15) is 4.79 Å². The van der Waals surface area contributed by atoms with E-state index in [0.29, 0.717) is 18.4 Å². The highest BCUT2D eigenvalue weighted by atomic mass is 16.7. The normalized spacial score (nSPS) is 40.9. The fraction of sp³-hybridized carbons (Fsp3) is 0.591. The number of hydrogen-bond acceptors (Lipinski definition) is 4. The maximum atomic E-state index is 13.0. The Morgan fingerprint density at radius 3 is 2.62 bits per heavy atom. The van der Waals surface area contributed by atoms with Crippen LogP contribution in [0.5, 0.6) is 0 Å². The monoisotopic (exact) mass is 352 g/mol. The topological polar surface area (TPSA) is 44.8 Å². The lowest BCUT2D eigenvalue weighted by molar-refractivity contribution is -0.225. The molecule has 6 rings (SSSR count). The molecule has 26 heavy (non-hydrogen) atoms. The molecule has 4 bridgehead atoms. The molecule has 3 fully saturated rings. The number of hydrogen-bond donors (Lipinski definition) is 0. The lowest BCUT2D eigenvalue weighted by atomic mass is 9.73. The Balaban J connectivity index is 1.29. The largest absolute Gasteiger partial charge is 0.456 e. The van der Waals surface area contributed by atoms with Crippen molar-refractivity contribution in [3.63, 3.8) is 0 Å². The predicted molar refractivity (Wildman–Crippen MR) is 94.2 cm³/mol. The summed E-state index contributed by atoms with van der Waals surface area (Å²) in [5.74, 6) is 0.910. The number of esters is 1. The first-order valence-electron chi connectivity index (χ1n) is 9.93. The van der Waals surface area contributed by atoms with Crippen LogP contribution in [0.25, 0.3) is 0 Å². The van der Waals surface area contributed by atoms with E-state index in [-0.39, 0.29) is 29.5 Å². The Labute approximate surface area is 153 Å². The molecule has 0 N–H and O–H groups in total. The van der Waals surface area contributed by atoms with Crippen LogP contribution in [0.15, 0.2) is 36.4 Å². The lowest BCUT2D eigenvalue weighted by Gasteiger charge is -2.43. The number of fused-ring (bicyclic) bond motifs is 5. The van der Waals surface area contributed by atoms with Crippen LogP contribution in [0.1, 0.15) is 30.4 Å². The van der Waals surface area contributed by atoms with Gasteiger partial charge >= 0.3 is 5.97 Å². The van der Waals surface area contributed by atoms with Crippen molar-refractivity contribution in [3.8, 4) is 0 Å². The summed E-state index contributed by atoms with van der Waals surface area (Å²) < 4.78 is 18.1. The number of allylic oxidation sites excluding steroid dienone is 2. The molecule has 2 aliphatic heterocycles. The standard InChI is InChI=1S/C22H24O4/c23-20(18-8-13-5-6-14(18)7-13)26-19-21-24-12-17(25-21)11-22(19)9-15-3-1-2-4-16(15)10-22/h1-6,13-14,17-19,21H,7-12H2/t13-,14+,17+,18-,19-,21-/m1/s1. The van der Waals surface area contributed by atoms with E-state index in [1.807, 2.05) is 0 Å². The van der Waals surface area contributed by atoms with E-state index >= 15 is 0 Å². The minimum Gasteiger partial charge on any atom is -0.456 e. The number of carbonyl (C=O) groups excluding carboxylic acids is 1. The summed E-state index contributed by atoms with van der Waals surface area (Å²) in [7, 11) is 0. The van der Waals surface area contributed by atoms with Gasteiger partial charge in [-0.3, -0.25) is 4.79 Å². The molecule has 0 aromatic heterocycles. The van der Waals surface area contributed by atoms with Crippen LogP contribution in [0, 0.1) is 23.2 Å². The SMILES string of the molecule is O=C(O[C@@H]1[C@@H]2OC[C@H](CC13Cc1ccccc1C3)O2)[C@@H]1C[C@@H]2C=C[C@H]1C2. The van der Waals surface area contributed by atoms with Crippen molar-refractivity contribution in [3.05, 3.63) is 47.5 Å². The van der Waals surface area contributed by atoms with Gasteiger partial charge < -0.3 is 14.2 Å². The Morgan fingerprint density at radius 1 is 1.12 bits per heavy atom. The third-order valence-electron chi connectivity index (χ3n) is 7.29. The van der Waals surface area contributed by atoms with E-state index in [1.165, 1.54) is 11.1 Å². The molecule has 1 spiro atoms. The maximum absolute atomic E-state index is 13.0. The molecule has 136 valence electrons. The van der Waals surface area contributed by atoms with Gasteiger partial charge in [-0.1, -0.05) is 36.4 Å². The van der Waals surface area contributed by atoms with E-state index in [2.05, 4.69) is 36.4 Å². The molecule has 5 aliphatic rings. The number of rotatable bonds is 2. The summed E-state index contributed by atoms with van der Waals surface area (Å²) in [6.07, 6.45) is 8.77. The molecule has 0 unspecified atom stereocenters. The molecule has 1 saturated carbocycles. The van der Waals surface area contributed by atoms with Crippen LogP contribution in [-0.2, 0) is 31.8 Å². The molecule has 4 heteroatoms. The zero-order chi connectivity index (χ0) is 17.3. The molecular formula is C22H24O4. The van der Waals surface area contributed by atoms with Crippen molar-refractivity contribution >= 4 is 5.97 Å². The number of benzene rings is 1. The molecule has 2 saturated heterocycles. The van der Waals surface area contributed by atoms with Crippen molar-refractivity contribution in [1.82, 2.24) is 0 Å². The number of carbonyl (C=O) groups is 1. The molecule has 6 atom stereocenters. The van der Waals surface area contributed by atoms with Gasteiger partial charge in [-0.25, -0.2) is 0 Å². The van der Waals surface area contributed by atoms with Gasteiger partial charge in [0, 0.05) is 5.41 Å². The first-order chi connectivity index (χ1) is 12.7. The minimum absolute atomic E-state index is 0.0185. The highest BCUT2D eigenvalue weighted by Crippen LogP contribution is 2.52. The molecule has 3 aliphatic carbocycles. The molecular weight excluding hydrogens is 328 g/mol. The van der Waals surface area contributed by atoms with Gasteiger partial charge in [0.15, 0.2) is 12.4 Å². The van der Waals surface area contributed by atoms with Crippen LogP contribution < -0.4 is 0 Å². The fourth-order valence-electron chi connectivity index (χ4n) is 6.11. The second kappa shape index (κ2) is 5.43. The van der Waals surface area contributed by atoms with E-state index in [4.69, 9.17) is 14.2 Å². The van der Waals surface area contributed by atoms with Crippen molar-refractivity contribution in [1.29, 1.82) is 0 Å². The highest BCUT2D eigenvalue weighted by molar-refractivity contribution is 5.74. The average molecular weight is 352 g/mol. The van der Waals surface area contributed by atoms with Crippen molar-refractivity contribution in [2.75, 3.05) is 6.61 Å². The van der Waals surface area contributed by atoms with E-state index in [0.717, 1.165) is 32.1 Å². The summed E-state index contributed by atoms with van der Waals surface area (Å²) in [5.41, 5.74) is 2.70. The second-order valence-corrected chi connectivity index (χ2v) is 8.89. The average Bonchev–Trinajstić information content (AvgIpc) is 3.41. The van der Waals surface area contributed by atoms with Gasteiger partial charge in [-0.15, -0.1) is 0 Å². The van der Waals surface area contributed by atoms with Crippen LogP contribution in [-0.4, -0.2) is 31.1 Å². The van der Waals surface area contributed by atoms with E-state index < -0.39 is 6.29 Å². The third-order valence-corrected chi connectivity index (χ3v) is 7.29. The van der Waals surface area contributed by atoms with Crippen molar-refractivity contribution in [2.24, 2.45) is 23.2 Å². The Morgan fingerprint density at radius 2 is 1.92 bits per heavy atom. The van der Waals surface area contributed by atoms with Gasteiger partial charge in [0.25, 0.3) is 0 Å². The van der Waals surface area contributed by atoms with Crippen LogP contribution >= 0.6 is 0 Å². The van der Waals surface area contributed by atoms with E-state index in [1.54, 1.807) is 0 Å². The maximum Gasteiger partial charge on any atom is 0.310 e. The zero-order valence-electron chi connectivity index (χ0n) is 14.8. The lowest BCUT2D eigenvalue weighted by Crippen LogP contribution is -2.52. The molecule has 2 heterocycles. The molecule has 4 nitrogen and oxygen atoms in total. The molecule has 1 aromatic rings. The van der Waals surface area contributed by atoms with Gasteiger partial charge in [0.05, 0.1) is 18.6 Å². The Bertz CT molecular complexity index is 759.